The van der Waals surface area contributed by atoms with Crippen LogP contribution in [0.1, 0.15) is 11.1 Å². The van der Waals surface area contributed by atoms with Crippen LogP contribution in [0.4, 0.5) is 5.69 Å². The average molecular weight is 470 g/mol. The number of carbonyl (C=O) groups is 1. The fourth-order valence-corrected chi connectivity index (χ4v) is 5.71. The molecule has 4 aromatic carbocycles. The van der Waals surface area contributed by atoms with Crippen molar-refractivity contribution in [3.8, 4) is 0 Å². The van der Waals surface area contributed by atoms with Gasteiger partial charge in [-0.05, 0) is 54.3 Å². The summed E-state index contributed by atoms with van der Waals surface area (Å²) in [5.41, 5.74) is 3.07. The van der Waals surface area contributed by atoms with Crippen molar-refractivity contribution in [1.29, 1.82) is 0 Å². The van der Waals surface area contributed by atoms with Crippen LogP contribution in [0.3, 0.4) is 0 Å². The lowest BCUT2D eigenvalue weighted by Crippen LogP contribution is -2.27. The smallest absolute Gasteiger partial charge is 0.268 e. The first-order valence-corrected chi connectivity index (χ1v) is 12.2. The van der Waals surface area contributed by atoms with Gasteiger partial charge in [0.1, 0.15) is 0 Å². The van der Waals surface area contributed by atoms with Gasteiger partial charge in [0, 0.05) is 15.2 Å². The minimum Gasteiger partial charge on any atom is -0.268 e. The minimum absolute atomic E-state index is 0.0746. The Hall–Kier alpha value is -2.86. The number of hydrogen-bond acceptors (Lipinski definition) is 4. The summed E-state index contributed by atoms with van der Waals surface area (Å²) in [4.78, 5) is 17.9. The second-order valence-corrected chi connectivity index (χ2v) is 10.3. The highest BCUT2D eigenvalue weighted by atomic mass is 32.2. The second-order valence-electron chi connectivity index (χ2n) is 7.50. The standard InChI is InChI=1S/C27H19NOS3/c1-18-9-13-21(14-10-18)31-22-15-11-19(12-16-22)17-25-26(29)28(27(30)32-25)24-8-4-6-20-5-2-3-7-23(20)24/h2-17H,1H3/b25-17+. The largest absolute Gasteiger partial charge is 0.270 e. The first-order chi connectivity index (χ1) is 15.6. The van der Waals surface area contributed by atoms with Crippen molar-refractivity contribution in [3.63, 3.8) is 0 Å². The van der Waals surface area contributed by atoms with Crippen molar-refractivity contribution in [2.45, 2.75) is 16.7 Å². The molecule has 0 spiro atoms. The van der Waals surface area contributed by atoms with Crippen molar-refractivity contribution in [2.75, 3.05) is 4.90 Å². The monoisotopic (exact) mass is 469 g/mol. The summed E-state index contributed by atoms with van der Waals surface area (Å²) in [5, 5.41) is 2.11. The molecule has 0 N–H and O–H groups in total. The zero-order chi connectivity index (χ0) is 22.1. The van der Waals surface area contributed by atoms with Crippen LogP contribution in [0.5, 0.6) is 0 Å². The van der Waals surface area contributed by atoms with Crippen LogP contribution < -0.4 is 4.90 Å². The van der Waals surface area contributed by atoms with E-state index in [0.29, 0.717) is 9.23 Å². The maximum atomic E-state index is 13.2. The van der Waals surface area contributed by atoms with Gasteiger partial charge in [-0.1, -0.05) is 102 Å². The summed E-state index contributed by atoms with van der Waals surface area (Å²) in [7, 11) is 0. The summed E-state index contributed by atoms with van der Waals surface area (Å²) < 4.78 is 0.559. The maximum absolute atomic E-state index is 13.2. The number of amides is 1. The number of aryl methyl sites for hydroxylation is 1. The molecule has 0 unspecified atom stereocenters. The molecule has 0 radical (unpaired) electrons. The van der Waals surface area contributed by atoms with Gasteiger partial charge in [0.05, 0.1) is 10.6 Å². The highest BCUT2D eigenvalue weighted by molar-refractivity contribution is 8.27. The molecule has 5 rings (SSSR count). The normalized spacial score (nSPS) is 15.2. The van der Waals surface area contributed by atoms with Crippen molar-refractivity contribution in [3.05, 3.63) is 107 Å². The molecule has 5 heteroatoms. The predicted molar refractivity (Wildman–Crippen MR) is 141 cm³/mol. The lowest BCUT2D eigenvalue weighted by Gasteiger charge is -2.17. The zero-order valence-corrected chi connectivity index (χ0v) is 19.8. The topological polar surface area (TPSA) is 20.3 Å². The summed E-state index contributed by atoms with van der Waals surface area (Å²) in [6, 6.07) is 30.8. The van der Waals surface area contributed by atoms with Gasteiger partial charge in [0.25, 0.3) is 5.91 Å². The summed E-state index contributed by atoms with van der Waals surface area (Å²) in [6.07, 6.45) is 1.92. The lowest BCUT2D eigenvalue weighted by molar-refractivity contribution is -0.113. The predicted octanol–water partition coefficient (Wildman–Crippen LogP) is 7.71. The Balaban J connectivity index is 1.38. The lowest BCUT2D eigenvalue weighted by atomic mass is 10.1. The maximum Gasteiger partial charge on any atom is 0.270 e. The number of rotatable bonds is 4. The molecule has 1 aliphatic rings. The van der Waals surface area contributed by atoms with Crippen LogP contribution in [-0.2, 0) is 4.79 Å². The van der Waals surface area contributed by atoms with Gasteiger partial charge < -0.3 is 0 Å². The summed E-state index contributed by atoms with van der Waals surface area (Å²) >= 11 is 8.66. The van der Waals surface area contributed by atoms with Crippen LogP contribution in [0, 0.1) is 6.92 Å². The van der Waals surface area contributed by atoms with Gasteiger partial charge in [-0.25, -0.2) is 0 Å². The third-order valence-electron chi connectivity index (χ3n) is 5.24. The van der Waals surface area contributed by atoms with E-state index in [1.165, 1.54) is 22.2 Å². The molecule has 1 amide bonds. The van der Waals surface area contributed by atoms with Crippen molar-refractivity contribution in [1.82, 2.24) is 0 Å². The Morgan fingerprint density at radius 3 is 2.25 bits per heavy atom. The molecule has 0 bridgehead atoms. The molecule has 1 aliphatic heterocycles. The van der Waals surface area contributed by atoms with Crippen molar-refractivity contribution in [2.24, 2.45) is 0 Å². The van der Waals surface area contributed by atoms with E-state index in [2.05, 4.69) is 43.3 Å². The van der Waals surface area contributed by atoms with E-state index < -0.39 is 0 Å². The quantitative estimate of drug-likeness (QED) is 0.225. The molecule has 0 saturated carbocycles. The van der Waals surface area contributed by atoms with Gasteiger partial charge in [-0.15, -0.1) is 0 Å². The third kappa shape index (κ3) is 4.24. The fraction of sp³-hybridized carbons (Fsp3) is 0.0370. The van der Waals surface area contributed by atoms with Gasteiger partial charge >= 0.3 is 0 Å². The number of fused-ring (bicyclic) bond motifs is 1. The number of thioether (sulfide) groups is 1. The first kappa shape index (κ1) is 21.0. The number of hydrogen-bond donors (Lipinski definition) is 0. The Kier molecular flexibility index (Phi) is 5.87. The molecule has 1 fully saturated rings. The first-order valence-electron chi connectivity index (χ1n) is 10.2. The molecule has 0 aromatic heterocycles. The van der Waals surface area contributed by atoms with Gasteiger partial charge in [0.15, 0.2) is 4.32 Å². The summed E-state index contributed by atoms with van der Waals surface area (Å²) in [6.45, 7) is 2.09. The molecule has 1 heterocycles. The SMILES string of the molecule is Cc1ccc(Sc2ccc(/C=C3/SC(=S)N(c4cccc5ccccc45)C3=O)cc2)cc1. The number of nitrogens with zero attached hydrogens (tertiary/aromatic N) is 1. The molecule has 2 nitrogen and oxygen atoms in total. The summed E-state index contributed by atoms with van der Waals surface area (Å²) in [5.74, 6) is -0.0746. The van der Waals surface area contributed by atoms with Crippen molar-refractivity contribution >= 4 is 68.5 Å². The van der Waals surface area contributed by atoms with Crippen LogP contribution >= 0.6 is 35.7 Å². The van der Waals surface area contributed by atoms with E-state index in [1.54, 1.807) is 16.7 Å². The molecule has 32 heavy (non-hydrogen) atoms. The molecule has 156 valence electrons. The Morgan fingerprint density at radius 2 is 1.50 bits per heavy atom. The Morgan fingerprint density at radius 1 is 0.844 bits per heavy atom. The molecular formula is C27H19NOS3. The zero-order valence-electron chi connectivity index (χ0n) is 17.3. The van der Waals surface area contributed by atoms with E-state index >= 15 is 0 Å². The van der Waals surface area contributed by atoms with Gasteiger partial charge in [-0.2, -0.15) is 0 Å². The molecule has 4 aromatic rings. The fourth-order valence-electron chi connectivity index (χ4n) is 3.60. The van der Waals surface area contributed by atoms with Crippen LogP contribution in [-0.4, -0.2) is 10.2 Å². The number of anilines is 1. The number of benzene rings is 4. The second kappa shape index (κ2) is 8.94. The van der Waals surface area contributed by atoms with Gasteiger partial charge in [-0.3, -0.25) is 9.69 Å². The average Bonchev–Trinajstić information content (AvgIpc) is 3.09. The molecule has 0 aliphatic carbocycles. The third-order valence-corrected chi connectivity index (χ3v) is 7.55. The van der Waals surface area contributed by atoms with E-state index in [-0.39, 0.29) is 5.91 Å². The molecular weight excluding hydrogens is 451 g/mol. The Bertz CT molecular complexity index is 1350. The highest BCUT2D eigenvalue weighted by Crippen LogP contribution is 2.39. The Labute approximate surface area is 201 Å². The van der Waals surface area contributed by atoms with Crippen LogP contribution in [0.2, 0.25) is 0 Å². The minimum atomic E-state index is -0.0746. The number of carbonyl (C=O) groups excluding carboxylic acids is 1. The molecule has 1 saturated heterocycles. The van der Waals surface area contributed by atoms with E-state index in [1.807, 2.05) is 60.7 Å². The van der Waals surface area contributed by atoms with E-state index in [9.17, 15) is 4.79 Å². The van der Waals surface area contributed by atoms with Crippen LogP contribution in [0.25, 0.3) is 16.8 Å². The van der Waals surface area contributed by atoms with Crippen LogP contribution in [0.15, 0.2) is 106 Å². The van der Waals surface area contributed by atoms with E-state index in [0.717, 1.165) is 26.9 Å². The van der Waals surface area contributed by atoms with Gasteiger partial charge in [0.2, 0.25) is 0 Å². The van der Waals surface area contributed by atoms with E-state index in [4.69, 9.17) is 12.2 Å². The number of thiocarbonyl (C=S) groups is 1. The van der Waals surface area contributed by atoms with Crippen molar-refractivity contribution < 1.29 is 4.79 Å². The highest BCUT2D eigenvalue weighted by Gasteiger charge is 2.34. The molecule has 0 atom stereocenters.